The smallest absolute Gasteiger partial charge is 0.101 e. The Morgan fingerprint density at radius 2 is 2.08 bits per heavy atom. The summed E-state index contributed by atoms with van der Waals surface area (Å²) in [6.07, 6.45) is 1.70. The number of rotatable bonds is 3. The molecule has 4 heteroatoms. The molecule has 0 fully saturated rings. The predicted molar refractivity (Wildman–Crippen MR) is 50.2 cm³/mol. The molecule has 1 aromatic carbocycles. The molecule has 66 valence electrons. The predicted octanol–water partition coefficient (Wildman–Crippen LogP) is 1.42. The van der Waals surface area contributed by atoms with Crippen LogP contribution in [-0.2, 0) is 6.54 Å². The molecule has 0 radical (unpaired) electrons. The Morgan fingerprint density at radius 1 is 1.23 bits per heavy atom. The second kappa shape index (κ2) is 3.71. The lowest BCUT2D eigenvalue weighted by Crippen LogP contribution is -1.99. The van der Waals surface area contributed by atoms with Gasteiger partial charge in [-0.05, 0) is 12.1 Å². The van der Waals surface area contributed by atoms with Gasteiger partial charge < -0.3 is 5.32 Å². The first-order chi connectivity index (χ1) is 6.45. The van der Waals surface area contributed by atoms with Crippen LogP contribution in [0.5, 0.6) is 0 Å². The molecule has 2 aromatic rings. The van der Waals surface area contributed by atoms with Crippen molar-refractivity contribution in [1.82, 2.24) is 15.4 Å². The Kier molecular flexibility index (Phi) is 2.22. The Labute approximate surface area is 76.0 Å². The molecule has 13 heavy (non-hydrogen) atoms. The van der Waals surface area contributed by atoms with Crippen molar-refractivity contribution in [3.05, 3.63) is 42.2 Å². The zero-order valence-electron chi connectivity index (χ0n) is 7.07. The Bertz CT molecular complexity index is 341. The van der Waals surface area contributed by atoms with E-state index < -0.39 is 0 Å². The van der Waals surface area contributed by atoms with Crippen LogP contribution >= 0.6 is 0 Å². The Balaban J connectivity index is 1.94. The van der Waals surface area contributed by atoms with Crippen molar-refractivity contribution in [3.63, 3.8) is 0 Å². The Hall–Kier alpha value is -1.84. The van der Waals surface area contributed by atoms with E-state index in [1.54, 1.807) is 6.20 Å². The maximum Gasteiger partial charge on any atom is 0.101 e. The van der Waals surface area contributed by atoms with Crippen LogP contribution in [0.25, 0.3) is 0 Å². The molecule has 0 amide bonds. The zero-order valence-corrected chi connectivity index (χ0v) is 7.07. The molecule has 1 heterocycles. The van der Waals surface area contributed by atoms with Gasteiger partial charge in [0, 0.05) is 5.69 Å². The fraction of sp³-hybridized carbons (Fsp3) is 0.111. The third-order valence-corrected chi connectivity index (χ3v) is 1.71. The van der Waals surface area contributed by atoms with E-state index in [0.29, 0.717) is 6.54 Å². The third-order valence-electron chi connectivity index (χ3n) is 1.71. The van der Waals surface area contributed by atoms with Crippen molar-refractivity contribution >= 4 is 5.69 Å². The molecule has 0 unspecified atom stereocenters. The van der Waals surface area contributed by atoms with Crippen molar-refractivity contribution in [1.29, 1.82) is 0 Å². The van der Waals surface area contributed by atoms with E-state index in [1.807, 2.05) is 30.3 Å². The Morgan fingerprint density at radius 3 is 2.77 bits per heavy atom. The number of nitrogens with zero attached hydrogens (tertiary/aromatic N) is 2. The van der Waals surface area contributed by atoms with Gasteiger partial charge in [-0.2, -0.15) is 15.4 Å². The van der Waals surface area contributed by atoms with Crippen molar-refractivity contribution in [3.8, 4) is 0 Å². The summed E-state index contributed by atoms with van der Waals surface area (Å²) < 4.78 is 0. The highest BCUT2D eigenvalue weighted by Crippen LogP contribution is 2.05. The standard InChI is InChI=1S/C9H10N4/c1-2-4-8(5-3-1)10-6-9-7-11-13-12-9/h1-5,7,10H,6H2,(H,11,12,13). The van der Waals surface area contributed by atoms with Crippen LogP contribution in [0.15, 0.2) is 36.5 Å². The summed E-state index contributed by atoms with van der Waals surface area (Å²) in [6, 6.07) is 10.00. The van der Waals surface area contributed by atoms with Gasteiger partial charge in [0.15, 0.2) is 0 Å². The van der Waals surface area contributed by atoms with Crippen LogP contribution in [0.2, 0.25) is 0 Å². The van der Waals surface area contributed by atoms with E-state index in [2.05, 4.69) is 20.7 Å². The fourth-order valence-electron chi connectivity index (χ4n) is 1.06. The fourth-order valence-corrected chi connectivity index (χ4v) is 1.06. The lowest BCUT2D eigenvalue weighted by molar-refractivity contribution is 0.911. The van der Waals surface area contributed by atoms with Crippen LogP contribution < -0.4 is 5.32 Å². The van der Waals surface area contributed by atoms with Crippen LogP contribution in [0.3, 0.4) is 0 Å². The monoisotopic (exact) mass is 174 g/mol. The molecule has 1 aromatic heterocycles. The maximum absolute atomic E-state index is 3.93. The van der Waals surface area contributed by atoms with Gasteiger partial charge in [-0.1, -0.05) is 18.2 Å². The second-order valence-electron chi connectivity index (χ2n) is 2.68. The number of anilines is 1. The van der Waals surface area contributed by atoms with Crippen molar-refractivity contribution in [2.75, 3.05) is 5.32 Å². The number of nitrogens with one attached hydrogen (secondary N) is 2. The highest BCUT2D eigenvalue weighted by Gasteiger charge is 1.94. The highest BCUT2D eigenvalue weighted by atomic mass is 15.3. The molecule has 2 rings (SSSR count). The largest absolute Gasteiger partial charge is 0.379 e. The minimum atomic E-state index is 0.695. The maximum atomic E-state index is 3.93. The van der Waals surface area contributed by atoms with Gasteiger partial charge >= 0.3 is 0 Å². The van der Waals surface area contributed by atoms with Gasteiger partial charge in [0.05, 0.1) is 12.7 Å². The van der Waals surface area contributed by atoms with Crippen molar-refractivity contribution in [2.45, 2.75) is 6.54 Å². The van der Waals surface area contributed by atoms with Gasteiger partial charge in [0.25, 0.3) is 0 Å². The first-order valence-electron chi connectivity index (χ1n) is 4.09. The van der Waals surface area contributed by atoms with E-state index in [0.717, 1.165) is 11.4 Å². The topological polar surface area (TPSA) is 53.6 Å². The lowest BCUT2D eigenvalue weighted by Gasteiger charge is -2.01. The first-order valence-corrected chi connectivity index (χ1v) is 4.09. The summed E-state index contributed by atoms with van der Waals surface area (Å²) in [4.78, 5) is 0. The van der Waals surface area contributed by atoms with Crippen LogP contribution in [0, 0.1) is 0 Å². The molecule has 0 bridgehead atoms. The van der Waals surface area contributed by atoms with Gasteiger partial charge in [-0.15, -0.1) is 0 Å². The lowest BCUT2D eigenvalue weighted by atomic mass is 10.3. The van der Waals surface area contributed by atoms with Gasteiger partial charge in [-0.25, -0.2) is 0 Å². The molecular formula is C9H10N4. The summed E-state index contributed by atoms with van der Waals surface area (Å²) >= 11 is 0. The first kappa shape index (κ1) is 7.79. The molecule has 0 saturated carbocycles. The van der Waals surface area contributed by atoms with Crippen molar-refractivity contribution in [2.24, 2.45) is 0 Å². The van der Waals surface area contributed by atoms with Crippen molar-refractivity contribution < 1.29 is 0 Å². The molecule has 0 aliphatic carbocycles. The second-order valence-corrected chi connectivity index (χ2v) is 2.68. The molecule has 0 aliphatic rings. The van der Waals surface area contributed by atoms with Gasteiger partial charge in [0.1, 0.15) is 5.69 Å². The summed E-state index contributed by atoms with van der Waals surface area (Å²) in [5.74, 6) is 0. The quantitative estimate of drug-likeness (QED) is 0.739. The highest BCUT2D eigenvalue weighted by molar-refractivity contribution is 5.42. The van der Waals surface area contributed by atoms with E-state index in [9.17, 15) is 0 Å². The summed E-state index contributed by atoms with van der Waals surface area (Å²) in [7, 11) is 0. The summed E-state index contributed by atoms with van der Waals surface area (Å²) in [6.45, 7) is 0.695. The molecular weight excluding hydrogens is 164 g/mol. The number of H-pyrrole nitrogens is 1. The number of hydrogen-bond acceptors (Lipinski definition) is 3. The third kappa shape index (κ3) is 2.05. The molecule has 0 atom stereocenters. The van der Waals surface area contributed by atoms with Gasteiger partial charge in [0.2, 0.25) is 0 Å². The molecule has 4 nitrogen and oxygen atoms in total. The van der Waals surface area contributed by atoms with E-state index in [-0.39, 0.29) is 0 Å². The minimum Gasteiger partial charge on any atom is -0.379 e. The number of para-hydroxylation sites is 1. The zero-order chi connectivity index (χ0) is 8.93. The number of aromatic amines is 1. The van der Waals surface area contributed by atoms with Crippen LogP contribution in [-0.4, -0.2) is 15.4 Å². The SMILES string of the molecule is c1ccc(NCc2cn[nH]n2)cc1. The van der Waals surface area contributed by atoms with Crippen LogP contribution in [0.1, 0.15) is 5.69 Å². The molecule has 0 aliphatic heterocycles. The number of aromatic nitrogens is 3. The molecule has 2 N–H and O–H groups in total. The number of hydrogen-bond donors (Lipinski definition) is 2. The average Bonchev–Trinajstić information content (AvgIpc) is 2.69. The summed E-state index contributed by atoms with van der Waals surface area (Å²) in [5, 5.41) is 13.4. The normalized spacial score (nSPS) is 9.85. The molecule has 0 spiro atoms. The van der Waals surface area contributed by atoms with Gasteiger partial charge in [-0.3, -0.25) is 0 Å². The van der Waals surface area contributed by atoms with Crippen LogP contribution in [0.4, 0.5) is 5.69 Å². The summed E-state index contributed by atoms with van der Waals surface area (Å²) in [5.41, 5.74) is 1.99. The molecule has 0 saturated heterocycles. The number of benzene rings is 1. The minimum absolute atomic E-state index is 0.695. The van der Waals surface area contributed by atoms with E-state index in [4.69, 9.17) is 0 Å². The average molecular weight is 174 g/mol. The van der Waals surface area contributed by atoms with E-state index in [1.165, 1.54) is 0 Å². The van der Waals surface area contributed by atoms with E-state index >= 15 is 0 Å².